The van der Waals surface area contributed by atoms with Crippen LogP contribution in [-0.4, -0.2) is 41.9 Å². The van der Waals surface area contributed by atoms with Crippen molar-refractivity contribution in [3.05, 3.63) is 337 Å². The van der Waals surface area contributed by atoms with Gasteiger partial charge >= 0.3 is 0 Å². The molecule has 0 unspecified atom stereocenters. The van der Waals surface area contributed by atoms with Crippen LogP contribution in [0, 0.1) is 40.8 Å². The molecule has 21 aromatic rings. The van der Waals surface area contributed by atoms with Gasteiger partial charge in [0.25, 0.3) is 0 Å². The van der Waals surface area contributed by atoms with E-state index in [-0.39, 0.29) is 5.54 Å². The first-order valence-corrected chi connectivity index (χ1v) is 42.7. The third kappa shape index (κ3) is 15.9. The summed E-state index contributed by atoms with van der Waals surface area (Å²) < 4.78 is 16.6. The Kier molecular flexibility index (Phi) is 23.5. The van der Waals surface area contributed by atoms with Gasteiger partial charge in [0.1, 0.15) is 5.65 Å². The summed E-state index contributed by atoms with van der Waals surface area (Å²) in [6, 6.07) is 99.0. The number of fused-ring (bicyclic) bond motifs is 21. The lowest BCUT2D eigenvalue weighted by molar-refractivity contribution is 0.423. The summed E-state index contributed by atoms with van der Waals surface area (Å²) in [5.41, 5.74) is 24.4. The third-order valence-electron chi connectivity index (χ3n) is 23.2. The van der Waals surface area contributed by atoms with Gasteiger partial charge in [-0.15, -0.1) is 0 Å². The van der Waals surface area contributed by atoms with E-state index in [0.717, 1.165) is 16.7 Å². The minimum absolute atomic E-state index is 0.0194. The molecule has 21 rings (SSSR count). The Hall–Kier alpha value is -13.5. The summed E-state index contributed by atoms with van der Waals surface area (Å²) in [4.78, 5) is 15.8. The third-order valence-corrected chi connectivity index (χ3v) is 23.2. The number of para-hydroxylation sites is 6. The predicted octanol–water partition coefficient (Wildman–Crippen LogP) is 31.9. The zero-order valence-electron chi connectivity index (χ0n) is 73.6. The van der Waals surface area contributed by atoms with Crippen LogP contribution in [0.15, 0.2) is 292 Å². The molecule has 0 atom stereocenters. The van der Waals surface area contributed by atoms with Crippen molar-refractivity contribution in [2.24, 2.45) is 0 Å². The predicted molar refractivity (Wildman–Crippen MR) is 520 cm³/mol. The molecule has 0 aliphatic rings. The number of benzene rings is 12. The van der Waals surface area contributed by atoms with Gasteiger partial charge in [0.05, 0.1) is 24.2 Å². The Morgan fingerprint density at radius 3 is 0.843 bits per heavy atom. The molecule has 0 aliphatic heterocycles. The van der Waals surface area contributed by atoms with Crippen molar-refractivity contribution in [1.29, 1.82) is 0 Å². The van der Waals surface area contributed by atoms with Crippen LogP contribution >= 0.6 is 0 Å². The summed E-state index contributed by atoms with van der Waals surface area (Å²) in [5, 5.41) is 18.2. The highest BCUT2D eigenvalue weighted by molar-refractivity contribution is 6.14. The highest BCUT2D eigenvalue weighted by Crippen LogP contribution is 2.41. The Morgan fingerprint density at radius 2 is 0.496 bits per heavy atom. The van der Waals surface area contributed by atoms with Gasteiger partial charge in [-0.1, -0.05) is 182 Å². The first-order chi connectivity index (χ1) is 58.3. The quantitative estimate of drug-likeness (QED) is 0.156. The zero-order chi connectivity index (χ0) is 85.4. The summed E-state index contributed by atoms with van der Waals surface area (Å²) >= 11 is 0. The van der Waals surface area contributed by atoms with Crippen molar-refractivity contribution >= 4 is 164 Å². The second-order valence-electron chi connectivity index (χ2n) is 34.9. The maximum atomic E-state index is 7.23. The minimum Gasteiger partial charge on any atom is -0.339 e. The fraction of sp³-hybridized carbons (Fsp3) is 0.236. The van der Waals surface area contributed by atoms with Gasteiger partial charge in [-0.05, 0) is 245 Å². The Labute approximate surface area is 711 Å². The molecule has 0 saturated heterocycles. The molecule has 0 saturated carbocycles. The van der Waals surface area contributed by atoms with E-state index in [2.05, 4.69) is 426 Å². The highest BCUT2D eigenvalue weighted by Gasteiger charge is 2.23. The van der Waals surface area contributed by atoms with Gasteiger partial charge in [-0.2, -0.15) is 0 Å². The molecule has 0 bridgehead atoms. The highest BCUT2D eigenvalue weighted by atomic mass is 15.1. The molecule has 0 N–H and O–H groups in total. The number of aromatic nitrogens is 9. The van der Waals surface area contributed by atoms with E-state index in [9.17, 15) is 0 Å². The molecule has 9 heterocycles. The molecule has 0 aliphatic carbocycles. The molecule has 0 spiro atoms. The van der Waals surface area contributed by atoms with Crippen molar-refractivity contribution in [3.8, 4) is 0 Å². The number of hydrogen-bond acceptors (Lipinski definition) is 2. The van der Waals surface area contributed by atoms with Crippen LogP contribution < -0.4 is 0 Å². The van der Waals surface area contributed by atoms with Gasteiger partial charge in [-0.3, -0.25) is 4.98 Å². The fourth-order valence-electron chi connectivity index (χ4n) is 18.3. The van der Waals surface area contributed by atoms with Crippen molar-refractivity contribution in [1.82, 2.24) is 41.9 Å². The molecule has 606 valence electrons. The topological polar surface area (TPSA) is 69.0 Å². The monoisotopic (exact) mass is 1590 g/mol. The van der Waals surface area contributed by atoms with E-state index in [1.54, 1.807) is 0 Å². The van der Waals surface area contributed by atoms with E-state index < -0.39 is 0 Å². The van der Waals surface area contributed by atoms with Gasteiger partial charge in [0.15, 0.2) is 11.4 Å². The van der Waals surface area contributed by atoms with Crippen LogP contribution in [0.2, 0.25) is 0 Å². The van der Waals surface area contributed by atoms with Crippen molar-refractivity contribution in [2.75, 3.05) is 0 Å². The number of hydrogen-bond donors (Lipinski definition) is 0. The molecule has 11 nitrogen and oxygen atoms in total. The fourth-order valence-corrected chi connectivity index (χ4v) is 18.3. The van der Waals surface area contributed by atoms with E-state index in [1.807, 2.05) is 48.9 Å². The molecule has 12 aromatic carbocycles. The maximum Gasteiger partial charge on any atom is 0.189 e. The smallest absolute Gasteiger partial charge is 0.189 e. The Morgan fingerprint density at radius 1 is 0.248 bits per heavy atom. The van der Waals surface area contributed by atoms with Crippen molar-refractivity contribution in [3.63, 3.8) is 0 Å². The molecule has 0 radical (unpaired) electrons. The lowest BCUT2D eigenvalue weighted by Crippen LogP contribution is -2.21. The molecule has 11 heteroatoms. The van der Waals surface area contributed by atoms with Crippen LogP contribution in [0.25, 0.3) is 162 Å². The van der Waals surface area contributed by atoms with Gasteiger partial charge < -0.3 is 32.0 Å². The van der Waals surface area contributed by atoms with Crippen LogP contribution in [0.4, 0.5) is 11.4 Å². The molecular weight excluding hydrogens is 1480 g/mol. The minimum atomic E-state index is -0.0194. The standard InChI is InChI=1S/C18H18N2.C17H19N.C16H14N2.C16H17N.C15H15N.2C14H14N2/c1-12-6-8-14-15-9-7-13(19-5)11-17(15)20(16(14)10-12)18(2,3)4;1-11(2)18-16-9-12(3)5-7-14(16)15-8-6-13(4)10-17(15)18;1-11(2)18-15-7-5-4-6-13(15)14-9-8-12(17-3)10-16(14)18;1-11(2)17-15-7-5-4-6-13(15)14-9-8-12(3)10-16(14)17;1-11(2)16-14-9-5-3-7-12(14)13-8-4-6-10-15(13)16;1-10(2)16-13-8-4-3-6-11(13)12-7-5-9-15-14(12)16;1-10(2)16-13-6-4-3-5-11(13)12-9-15-8-7-14(12)16/h6-11H,1-4H3;5-11H,1-4H3;4-11H,1-2H3;4-11H,1-3H3;3-11H,1-2H3;2*3-10H,1-2H3. The van der Waals surface area contributed by atoms with Crippen molar-refractivity contribution in [2.45, 2.75) is 173 Å². The van der Waals surface area contributed by atoms with Crippen LogP contribution in [0.1, 0.15) is 162 Å². The Balaban J connectivity index is 0.000000110. The van der Waals surface area contributed by atoms with Gasteiger partial charge in [0.2, 0.25) is 0 Å². The number of aryl methyl sites for hydroxylation is 4. The van der Waals surface area contributed by atoms with E-state index in [0.29, 0.717) is 47.6 Å². The average Bonchev–Trinajstić information content (AvgIpc) is 1.59. The zero-order valence-corrected chi connectivity index (χ0v) is 73.6. The lowest BCUT2D eigenvalue weighted by atomic mass is 10.1. The average molecular weight is 1590 g/mol. The molecule has 0 amide bonds. The first-order valence-electron chi connectivity index (χ1n) is 42.7. The van der Waals surface area contributed by atoms with E-state index in [1.165, 1.54) is 158 Å². The van der Waals surface area contributed by atoms with Crippen molar-refractivity contribution < 1.29 is 0 Å². The maximum absolute atomic E-state index is 7.23. The SMILES string of the molecule is CC(C)n1c2ccccc2c2ccccc21.CC(C)n1c2ccccc2c2cccnc21.CC(C)n1c2ccccc2c2cnccc21.Cc1ccc2c3ccc(C)cc3n(C(C)C)c2c1.Cc1ccc2c3ccccc3n(C(C)C)c2c1.[C-]#[N+]c1ccc2c3ccc(C)cc3n(C(C)(C)C)c2c1.[C-]#[N+]c1ccc2c3ccccc3n(C(C)C)c2c1. The Bertz CT molecular complexity index is 6990. The number of pyridine rings is 2. The van der Waals surface area contributed by atoms with E-state index in [4.69, 9.17) is 13.1 Å². The second-order valence-corrected chi connectivity index (χ2v) is 34.9. The van der Waals surface area contributed by atoms with Gasteiger partial charge in [0, 0.05) is 196 Å². The molecule has 9 aromatic heterocycles. The molecule has 121 heavy (non-hydrogen) atoms. The lowest BCUT2D eigenvalue weighted by Gasteiger charge is -2.24. The number of rotatable bonds is 6. The van der Waals surface area contributed by atoms with E-state index >= 15 is 0 Å². The second kappa shape index (κ2) is 34.5. The summed E-state index contributed by atoms with van der Waals surface area (Å²) in [5.74, 6) is 0. The van der Waals surface area contributed by atoms with Crippen LogP contribution in [0.3, 0.4) is 0 Å². The van der Waals surface area contributed by atoms with Crippen LogP contribution in [-0.2, 0) is 5.54 Å². The summed E-state index contributed by atoms with van der Waals surface area (Å²) in [6.07, 6.45) is 5.68. The molecular formula is C110H111N11. The van der Waals surface area contributed by atoms with Crippen LogP contribution in [0.5, 0.6) is 0 Å². The summed E-state index contributed by atoms with van der Waals surface area (Å²) in [7, 11) is 0. The largest absolute Gasteiger partial charge is 0.339 e. The summed E-state index contributed by atoms with van der Waals surface area (Å²) in [6.45, 7) is 56.2. The first kappa shape index (κ1) is 82.6. The normalized spacial score (nSPS) is 11.7. The molecule has 0 fully saturated rings. The number of nitrogens with zero attached hydrogens (tertiary/aromatic N) is 11. The van der Waals surface area contributed by atoms with Gasteiger partial charge in [-0.25, -0.2) is 14.7 Å².